The third-order valence-corrected chi connectivity index (χ3v) is 6.22. The van der Waals surface area contributed by atoms with Crippen LogP contribution in [0, 0.1) is 5.82 Å². The normalized spacial score (nSPS) is 13.1. The molecule has 146 valence electrons. The molecule has 1 rings (SSSR count). The number of sulfonamides is 2. The van der Waals surface area contributed by atoms with Gasteiger partial charge in [-0.1, -0.05) is 19.8 Å². The van der Waals surface area contributed by atoms with Crippen molar-refractivity contribution >= 4 is 38.1 Å². The molecule has 0 bridgehead atoms. The lowest BCUT2D eigenvalue weighted by Crippen LogP contribution is -2.40. The van der Waals surface area contributed by atoms with Crippen LogP contribution in [-0.2, 0) is 20.0 Å². The van der Waals surface area contributed by atoms with Gasteiger partial charge in [0.1, 0.15) is 5.82 Å². The first kappa shape index (κ1) is 24.1. The molecule has 0 radical (unpaired) electrons. The Balaban J connectivity index is 0.00000576. The van der Waals surface area contributed by atoms with Gasteiger partial charge in [0.25, 0.3) is 0 Å². The topological polar surface area (TPSA) is 118 Å². The summed E-state index contributed by atoms with van der Waals surface area (Å²) in [7, 11) is -7.59. The van der Waals surface area contributed by atoms with Gasteiger partial charge in [-0.3, -0.25) is 4.72 Å². The third-order valence-electron chi connectivity index (χ3n) is 3.41. The molecule has 0 saturated carbocycles. The second kappa shape index (κ2) is 10.3. The maximum Gasteiger partial charge on any atom is 0.240 e. The minimum absolute atomic E-state index is 0. The van der Waals surface area contributed by atoms with E-state index in [-0.39, 0.29) is 35.3 Å². The Kier molecular flexibility index (Phi) is 9.88. The largest absolute Gasteiger partial charge is 0.329 e. The molecular formula is C14H25ClFN3O4S2. The van der Waals surface area contributed by atoms with Crippen LogP contribution in [0.2, 0.25) is 0 Å². The number of hydrogen-bond donors (Lipinski definition) is 3. The summed E-state index contributed by atoms with van der Waals surface area (Å²) in [6, 6.07) is 2.58. The fourth-order valence-electron chi connectivity index (χ4n) is 1.95. The van der Waals surface area contributed by atoms with Crippen LogP contribution in [0.3, 0.4) is 0 Å². The van der Waals surface area contributed by atoms with Gasteiger partial charge in [0.15, 0.2) is 0 Å². The van der Waals surface area contributed by atoms with Crippen molar-refractivity contribution in [2.75, 3.05) is 17.0 Å². The monoisotopic (exact) mass is 417 g/mol. The average Bonchev–Trinajstić information content (AvgIpc) is 2.53. The van der Waals surface area contributed by atoms with Crippen molar-refractivity contribution in [2.45, 2.75) is 44.0 Å². The van der Waals surface area contributed by atoms with E-state index in [9.17, 15) is 21.2 Å². The number of nitrogens with one attached hydrogen (secondary N) is 2. The summed E-state index contributed by atoms with van der Waals surface area (Å²) in [5, 5.41) is 0. The standard InChI is InChI=1S/C14H24FN3O4S2.ClH/c1-3-5-6-11(10-16)17-24(21,22)12-7-8-14(13(15)9-12)18-23(19,20)4-2;/h7-9,11,17-18H,3-6,10,16H2,1-2H3;1H. The molecule has 0 aliphatic rings. The molecule has 11 heteroatoms. The summed E-state index contributed by atoms with van der Waals surface area (Å²) >= 11 is 0. The highest BCUT2D eigenvalue weighted by molar-refractivity contribution is 7.92. The van der Waals surface area contributed by atoms with E-state index < -0.39 is 31.9 Å². The van der Waals surface area contributed by atoms with E-state index in [1.807, 2.05) is 6.92 Å². The number of halogens is 2. The summed E-state index contributed by atoms with van der Waals surface area (Å²) in [6.45, 7) is 3.52. The average molecular weight is 418 g/mol. The number of rotatable bonds is 10. The van der Waals surface area contributed by atoms with Crippen molar-refractivity contribution < 1.29 is 21.2 Å². The van der Waals surface area contributed by atoms with Crippen LogP contribution in [0.1, 0.15) is 33.1 Å². The molecule has 0 fully saturated rings. The first-order valence-corrected chi connectivity index (χ1v) is 10.8. The Labute approximate surface area is 155 Å². The van der Waals surface area contributed by atoms with Crippen LogP contribution in [0.15, 0.2) is 23.1 Å². The molecule has 0 spiro atoms. The molecule has 1 unspecified atom stereocenters. The number of benzene rings is 1. The van der Waals surface area contributed by atoms with Crippen molar-refractivity contribution in [3.8, 4) is 0 Å². The number of anilines is 1. The third kappa shape index (κ3) is 7.45. The highest BCUT2D eigenvalue weighted by Gasteiger charge is 2.21. The van der Waals surface area contributed by atoms with Crippen molar-refractivity contribution in [3.05, 3.63) is 24.0 Å². The zero-order valence-electron chi connectivity index (χ0n) is 14.2. The van der Waals surface area contributed by atoms with Gasteiger partial charge < -0.3 is 5.73 Å². The van der Waals surface area contributed by atoms with E-state index in [0.717, 1.165) is 31.0 Å². The Morgan fingerprint density at radius 2 is 1.84 bits per heavy atom. The molecule has 0 aliphatic carbocycles. The molecule has 7 nitrogen and oxygen atoms in total. The van der Waals surface area contributed by atoms with Crippen molar-refractivity contribution in [2.24, 2.45) is 5.73 Å². The Morgan fingerprint density at radius 1 is 1.20 bits per heavy atom. The lowest BCUT2D eigenvalue weighted by Gasteiger charge is -2.17. The zero-order chi connectivity index (χ0) is 18.4. The van der Waals surface area contributed by atoms with Crippen molar-refractivity contribution in [1.82, 2.24) is 4.72 Å². The highest BCUT2D eigenvalue weighted by Crippen LogP contribution is 2.20. The van der Waals surface area contributed by atoms with Crippen molar-refractivity contribution in [1.29, 1.82) is 0 Å². The summed E-state index contributed by atoms with van der Waals surface area (Å²) in [4.78, 5) is -0.283. The maximum absolute atomic E-state index is 14.0. The summed E-state index contributed by atoms with van der Waals surface area (Å²) < 4.78 is 66.0. The Bertz CT molecular complexity index is 757. The first-order chi connectivity index (χ1) is 11.1. The van der Waals surface area contributed by atoms with Gasteiger partial charge in [0, 0.05) is 12.6 Å². The minimum atomic E-state index is -3.94. The van der Waals surface area contributed by atoms with Gasteiger partial charge >= 0.3 is 0 Å². The summed E-state index contributed by atoms with van der Waals surface area (Å²) in [5.41, 5.74) is 5.27. The molecule has 4 N–H and O–H groups in total. The van der Waals surface area contributed by atoms with Crippen LogP contribution in [0.25, 0.3) is 0 Å². The number of nitrogens with two attached hydrogens (primary N) is 1. The molecule has 1 atom stereocenters. The highest BCUT2D eigenvalue weighted by atomic mass is 35.5. The van der Waals surface area contributed by atoms with E-state index >= 15 is 0 Å². The van der Waals surface area contributed by atoms with Crippen LogP contribution >= 0.6 is 12.4 Å². The van der Waals surface area contributed by atoms with Crippen LogP contribution in [-0.4, -0.2) is 35.2 Å². The van der Waals surface area contributed by atoms with Gasteiger partial charge in [0.2, 0.25) is 20.0 Å². The second-order valence-corrected chi connectivity index (χ2v) is 9.07. The summed E-state index contributed by atoms with van der Waals surface area (Å²) in [6.07, 6.45) is 2.30. The van der Waals surface area contributed by atoms with Gasteiger partial charge in [-0.25, -0.2) is 25.9 Å². The molecule has 0 heterocycles. The molecule has 0 saturated heterocycles. The number of hydrogen-bond acceptors (Lipinski definition) is 5. The number of unbranched alkanes of at least 4 members (excludes halogenated alkanes) is 1. The lowest BCUT2D eigenvalue weighted by atomic mass is 10.1. The Morgan fingerprint density at radius 3 is 2.32 bits per heavy atom. The minimum Gasteiger partial charge on any atom is -0.329 e. The van der Waals surface area contributed by atoms with Crippen LogP contribution < -0.4 is 15.2 Å². The van der Waals surface area contributed by atoms with Gasteiger partial charge in [0.05, 0.1) is 16.3 Å². The van der Waals surface area contributed by atoms with E-state index in [4.69, 9.17) is 5.73 Å². The molecule has 1 aromatic carbocycles. The SMILES string of the molecule is CCCCC(CN)NS(=O)(=O)c1ccc(NS(=O)(=O)CC)c(F)c1.Cl. The van der Waals surface area contributed by atoms with Gasteiger partial charge in [-0.05, 0) is 31.5 Å². The summed E-state index contributed by atoms with van der Waals surface area (Å²) in [5.74, 6) is -1.18. The van der Waals surface area contributed by atoms with Crippen LogP contribution in [0.5, 0.6) is 0 Å². The molecular weight excluding hydrogens is 393 g/mol. The van der Waals surface area contributed by atoms with Gasteiger partial charge in [-0.2, -0.15) is 0 Å². The van der Waals surface area contributed by atoms with E-state index in [1.165, 1.54) is 6.92 Å². The van der Waals surface area contributed by atoms with Crippen LogP contribution in [0.4, 0.5) is 10.1 Å². The van der Waals surface area contributed by atoms with E-state index in [1.54, 1.807) is 0 Å². The zero-order valence-corrected chi connectivity index (χ0v) is 16.6. The predicted octanol–water partition coefficient (Wildman–Crippen LogP) is 1.80. The smallest absolute Gasteiger partial charge is 0.240 e. The Hall–Kier alpha value is -0.940. The fraction of sp³-hybridized carbons (Fsp3) is 0.571. The lowest BCUT2D eigenvalue weighted by molar-refractivity contribution is 0.515. The fourth-order valence-corrected chi connectivity index (χ4v) is 3.89. The van der Waals surface area contributed by atoms with Gasteiger partial charge in [-0.15, -0.1) is 12.4 Å². The second-order valence-electron chi connectivity index (χ2n) is 5.34. The molecule has 0 aliphatic heterocycles. The predicted molar refractivity (Wildman–Crippen MR) is 99.4 cm³/mol. The quantitative estimate of drug-likeness (QED) is 0.536. The van der Waals surface area contributed by atoms with E-state index in [2.05, 4.69) is 9.44 Å². The van der Waals surface area contributed by atoms with Crippen molar-refractivity contribution in [3.63, 3.8) is 0 Å². The molecule has 0 aromatic heterocycles. The molecule has 1 aromatic rings. The maximum atomic E-state index is 14.0. The first-order valence-electron chi connectivity index (χ1n) is 7.67. The van der Waals surface area contributed by atoms with E-state index in [0.29, 0.717) is 6.42 Å². The molecule has 0 amide bonds. The molecule has 25 heavy (non-hydrogen) atoms.